The van der Waals surface area contributed by atoms with Gasteiger partial charge < -0.3 is 10.5 Å². The topological polar surface area (TPSA) is 74.3 Å². The summed E-state index contributed by atoms with van der Waals surface area (Å²) in [7, 11) is 0.736. The molecule has 0 aliphatic heterocycles. The second-order valence-corrected chi connectivity index (χ2v) is 10.9. The summed E-state index contributed by atoms with van der Waals surface area (Å²) >= 11 is 1.82. The molecule has 2 atom stereocenters. The zero-order valence-electron chi connectivity index (χ0n) is 22.1. The first-order chi connectivity index (χ1) is 18.2. The molecule has 0 aliphatic rings. The van der Waals surface area contributed by atoms with Crippen molar-refractivity contribution in [2.75, 3.05) is 0 Å². The Morgan fingerprint density at radius 2 is 1.08 bits per heavy atom. The normalized spacial score (nSPS) is 12.4. The summed E-state index contributed by atoms with van der Waals surface area (Å²) in [6.07, 6.45) is 0. The first kappa shape index (κ1) is 31.9. The van der Waals surface area contributed by atoms with E-state index < -0.39 is 22.1 Å². The van der Waals surface area contributed by atoms with Gasteiger partial charge in [0.05, 0.1) is 0 Å². The minimum absolute atomic E-state index is 0.171. The molecule has 0 aliphatic carbocycles. The molecule has 0 radical (unpaired) electrons. The molecule has 0 saturated heterocycles. The zero-order chi connectivity index (χ0) is 28.1. The van der Waals surface area contributed by atoms with Crippen LogP contribution in [0.25, 0.3) is 4.72 Å². The molecule has 201 valence electrons. The first-order valence-electron chi connectivity index (χ1n) is 12.3. The van der Waals surface area contributed by atoms with Crippen LogP contribution in [0, 0.1) is 13.8 Å². The molecular formula is C31H35ClN2O2RuS+. The summed E-state index contributed by atoms with van der Waals surface area (Å²) in [5, 5.41) is 0. The summed E-state index contributed by atoms with van der Waals surface area (Å²) in [5.41, 5.74) is 11.8. The van der Waals surface area contributed by atoms with E-state index in [1.807, 2.05) is 84.9 Å². The van der Waals surface area contributed by atoms with Crippen molar-refractivity contribution in [2.24, 2.45) is 5.73 Å². The van der Waals surface area contributed by atoms with Crippen molar-refractivity contribution in [3.05, 3.63) is 142 Å². The van der Waals surface area contributed by atoms with Gasteiger partial charge in [-0.1, -0.05) is 134 Å². The predicted molar refractivity (Wildman–Crippen MR) is 155 cm³/mol. The summed E-state index contributed by atoms with van der Waals surface area (Å²) in [6, 6.07) is 32.8. The molecule has 0 saturated carbocycles. The molecule has 0 heterocycles. The number of hydrogen-bond acceptors (Lipinski definition) is 3. The number of nitrogens with zero attached hydrogens (tertiary/aromatic N) is 1. The average Bonchev–Trinajstić information content (AvgIpc) is 2.94. The molecular weight excluding hydrogens is 601 g/mol. The van der Waals surface area contributed by atoms with Crippen molar-refractivity contribution in [3.63, 3.8) is 0 Å². The summed E-state index contributed by atoms with van der Waals surface area (Å²) in [5.74, 6) is 0.653. The van der Waals surface area contributed by atoms with Crippen LogP contribution in [0.15, 0.2) is 114 Å². The van der Waals surface area contributed by atoms with E-state index in [2.05, 4.69) is 59.4 Å². The van der Waals surface area contributed by atoms with E-state index in [4.69, 9.17) is 5.73 Å². The van der Waals surface area contributed by atoms with Crippen molar-refractivity contribution in [3.8, 4) is 0 Å². The number of hydrogen-bond donors (Lipinski definition) is 1. The monoisotopic (exact) mass is 636 g/mol. The molecule has 0 amide bonds. The Morgan fingerprint density at radius 1 is 0.658 bits per heavy atom. The van der Waals surface area contributed by atoms with Crippen molar-refractivity contribution in [2.45, 2.75) is 50.6 Å². The molecule has 0 unspecified atom stereocenters. The molecule has 4 aromatic carbocycles. The van der Waals surface area contributed by atoms with E-state index in [1.54, 1.807) is 24.3 Å². The minimum atomic E-state index is -3.83. The fourth-order valence-corrected chi connectivity index (χ4v) is 4.87. The number of nitrogens with two attached hydrogens (primary N) is 1. The van der Waals surface area contributed by atoms with Crippen molar-refractivity contribution >= 4 is 19.7 Å². The summed E-state index contributed by atoms with van der Waals surface area (Å²) < 4.78 is 29.9. The quantitative estimate of drug-likeness (QED) is 0.208. The van der Waals surface area contributed by atoms with Gasteiger partial charge in [-0.05, 0) is 43.0 Å². The van der Waals surface area contributed by atoms with Gasteiger partial charge >= 0.3 is 27.0 Å². The fourth-order valence-electron chi connectivity index (χ4n) is 3.71. The Morgan fingerprint density at radius 3 is 1.53 bits per heavy atom. The van der Waals surface area contributed by atoms with Gasteiger partial charge in [-0.25, -0.2) is 8.42 Å². The van der Waals surface area contributed by atoms with Crippen LogP contribution in [-0.2, 0) is 27.3 Å². The Balaban J connectivity index is 0.000000353. The van der Waals surface area contributed by atoms with Gasteiger partial charge in [0.25, 0.3) is 0 Å². The van der Waals surface area contributed by atoms with E-state index in [0.29, 0.717) is 5.92 Å². The molecule has 38 heavy (non-hydrogen) atoms. The van der Waals surface area contributed by atoms with Crippen LogP contribution in [0.1, 0.15) is 59.7 Å². The van der Waals surface area contributed by atoms with Crippen LogP contribution in [0.5, 0.6) is 0 Å². The Hall–Kier alpha value is -2.34. The third kappa shape index (κ3) is 9.76. The number of benzene rings is 4. The maximum absolute atomic E-state index is 12.8. The molecule has 7 heteroatoms. The van der Waals surface area contributed by atoms with Crippen LogP contribution in [0.4, 0.5) is 0 Å². The molecule has 4 aromatic rings. The van der Waals surface area contributed by atoms with Crippen LogP contribution >= 0.6 is 9.69 Å². The van der Waals surface area contributed by atoms with Crippen LogP contribution in [0.2, 0.25) is 0 Å². The van der Waals surface area contributed by atoms with Crippen molar-refractivity contribution in [1.82, 2.24) is 0 Å². The second kappa shape index (κ2) is 15.9. The van der Waals surface area contributed by atoms with E-state index in [0.717, 1.165) is 16.7 Å². The Labute approximate surface area is 242 Å². The number of aryl methyl sites for hydroxylation is 2. The number of sulfonamides is 1. The molecule has 0 fully saturated rings. The Bertz CT molecular complexity index is 1320. The molecule has 4 nitrogen and oxygen atoms in total. The van der Waals surface area contributed by atoms with E-state index >= 15 is 0 Å². The third-order valence-electron chi connectivity index (χ3n) is 5.98. The Kier molecular flexibility index (Phi) is 13.4. The molecule has 4 rings (SSSR count). The summed E-state index contributed by atoms with van der Waals surface area (Å²) in [4.78, 5) is 0.171. The van der Waals surface area contributed by atoms with Gasteiger partial charge in [-0.2, -0.15) is 0 Å². The molecule has 0 spiro atoms. The SMILES string of the molecule is Cc1ccc(C(C)C)cc1.Cc1ccc(S(=O)(=O)[N-][C@@H](c2ccccc2)[C@@H](N)c2ccccc2)cc1.[Cl][Ru+2]. The maximum atomic E-state index is 12.8. The van der Waals surface area contributed by atoms with E-state index in [1.165, 1.54) is 11.1 Å². The standard InChI is InChI=1S/C21H21N2O2S.C10H14.ClH.Ru/c1-16-12-14-19(15-13-16)26(24,25)23-21(18-10-6-3-7-11-18)20(22)17-8-4-2-5-9-17;1-8(2)10-6-4-9(3)5-7-10;;/h2-15,20-21H,22H2,1H3;4-8H,1-3H3;1H;/q-1;;;+3/p-1/t20-,21-;;;/m0.../s1. The van der Waals surface area contributed by atoms with Crippen molar-refractivity contribution in [1.29, 1.82) is 0 Å². The van der Waals surface area contributed by atoms with Gasteiger partial charge in [-0.15, -0.1) is 0 Å². The first-order valence-corrected chi connectivity index (χ1v) is 15.9. The average molecular weight is 636 g/mol. The van der Waals surface area contributed by atoms with Crippen molar-refractivity contribution < 1.29 is 25.7 Å². The zero-order valence-corrected chi connectivity index (χ0v) is 25.4. The van der Waals surface area contributed by atoms with Crippen LogP contribution < -0.4 is 5.73 Å². The number of rotatable bonds is 7. The van der Waals surface area contributed by atoms with E-state index in [9.17, 15) is 8.42 Å². The summed E-state index contributed by atoms with van der Waals surface area (Å²) in [6.45, 7) is 8.45. The molecule has 0 aromatic heterocycles. The van der Waals surface area contributed by atoms with Gasteiger partial charge in [-0.3, -0.25) is 0 Å². The van der Waals surface area contributed by atoms with Gasteiger partial charge in [0.1, 0.15) is 10.0 Å². The molecule has 0 bridgehead atoms. The van der Waals surface area contributed by atoms with Gasteiger partial charge in [0, 0.05) is 10.9 Å². The van der Waals surface area contributed by atoms with Gasteiger partial charge in [0.15, 0.2) is 0 Å². The predicted octanol–water partition coefficient (Wildman–Crippen LogP) is 8.30. The molecule has 2 N–H and O–H groups in total. The van der Waals surface area contributed by atoms with E-state index in [-0.39, 0.29) is 4.90 Å². The second-order valence-electron chi connectivity index (χ2n) is 9.25. The van der Waals surface area contributed by atoms with Gasteiger partial charge in [0.2, 0.25) is 0 Å². The van der Waals surface area contributed by atoms with Crippen LogP contribution in [-0.4, -0.2) is 8.42 Å². The fraction of sp³-hybridized carbons (Fsp3) is 0.226. The third-order valence-corrected chi connectivity index (χ3v) is 7.35. The van der Waals surface area contributed by atoms with Crippen LogP contribution in [0.3, 0.4) is 0 Å². The number of halogens is 1.